The summed E-state index contributed by atoms with van der Waals surface area (Å²) in [6, 6.07) is 10.4. The molecule has 1 N–H and O–H groups in total. The molecule has 0 spiro atoms. The maximum absolute atomic E-state index is 9.52. The molecule has 1 saturated heterocycles. The van der Waals surface area contributed by atoms with Gasteiger partial charge in [-0.1, -0.05) is 12.1 Å². The summed E-state index contributed by atoms with van der Waals surface area (Å²) in [6.45, 7) is 4.81. The number of hydrogen-bond donors (Lipinski definition) is 1. The molecule has 142 valence electrons. The average molecular weight is 422 g/mol. The van der Waals surface area contributed by atoms with E-state index in [9.17, 15) is 5.11 Å². The van der Waals surface area contributed by atoms with Gasteiger partial charge in [-0.15, -0.1) is 23.1 Å². The van der Waals surface area contributed by atoms with Crippen LogP contribution in [0, 0.1) is 0 Å². The molecule has 3 aromatic rings. The van der Waals surface area contributed by atoms with Crippen LogP contribution in [-0.2, 0) is 4.74 Å². The molecule has 1 fully saturated rings. The summed E-state index contributed by atoms with van der Waals surface area (Å²) < 4.78 is 6.51. The molecule has 3 heterocycles. The molecule has 5 nitrogen and oxygen atoms in total. The summed E-state index contributed by atoms with van der Waals surface area (Å²) in [6.07, 6.45) is -0.323. The smallest absolute Gasteiger partial charge is 0.224 e. The van der Waals surface area contributed by atoms with Gasteiger partial charge in [0.05, 0.1) is 29.5 Å². The van der Waals surface area contributed by atoms with Crippen molar-refractivity contribution in [1.29, 1.82) is 0 Å². The number of rotatable bonds is 5. The number of aliphatic hydroxyl groups is 1. The van der Waals surface area contributed by atoms with Crippen LogP contribution in [-0.4, -0.2) is 53.2 Å². The van der Waals surface area contributed by atoms with E-state index >= 15 is 0 Å². The molecule has 0 unspecified atom stereocenters. The molecule has 8 heteroatoms. The second-order valence-corrected chi connectivity index (χ2v) is 8.91. The number of aromatic nitrogens is 2. The minimum Gasteiger partial charge on any atom is -0.393 e. The van der Waals surface area contributed by atoms with E-state index in [0.29, 0.717) is 19.0 Å². The van der Waals surface area contributed by atoms with Crippen molar-refractivity contribution in [3.05, 3.63) is 35.6 Å². The lowest BCUT2D eigenvalue weighted by Crippen LogP contribution is -2.36. The van der Waals surface area contributed by atoms with Gasteiger partial charge in [0.15, 0.2) is 5.82 Å². The molecule has 1 aromatic carbocycles. The molecule has 1 atom stereocenters. The molecule has 2 aromatic heterocycles. The van der Waals surface area contributed by atoms with Gasteiger partial charge in [0.25, 0.3) is 0 Å². The zero-order valence-electron chi connectivity index (χ0n) is 14.9. The van der Waals surface area contributed by atoms with Crippen LogP contribution in [0.5, 0.6) is 0 Å². The van der Waals surface area contributed by atoms with Gasteiger partial charge in [-0.05, 0) is 42.3 Å². The fraction of sp³-hybridized carbons (Fsp3) is 0.368. The monoisotopic (exact) mass is 421 g/mol. The van der Waals surface area contributed by atoms with E-state index in [1.54, 1.807) is 30.0 Å². The predicted octanol–water partition coefficient (Wildman–Crippen LogP) is 4.32. The topological polar surface area (TPSA) is 58.5 Å². The lowest BCUT2D eigenvalue weighted by Gasteiger charge is -2.28. The second-order valence-electron chi connectivity index (χ2n) is 6.43. The number of ether oxygens (including phenoxy) is 1. The van der Waals surface area contributed by atoms with Crippen LogP contribution in [0.15, 0.2) is 35.2 Å². The van der Waals surface area contributed by atoms with Crippen molar-refractivity contribution in [2.45, 2.75) is 17.9 Å². The Hall–Kier alpha value is -1.38. The molecule has 0 bridgehead atoms. The molecule has 0 amide bonds. The minimum absolute atomic E-state index is 0.273. The Morgan fingerprint density at radius 1 is 1.30 bits per heavy atom. The van der Waals surface area contributed by atoms with Crippen molar-refractivity contribution < 1.29 is 9.84 Å². The number of fused-ring (bicyclic) bond motifs is 1. The molecular formula is C19H20ClN3O2S2. The maximum Gasteiger partial charge on any atom is 0.224 e. The van der Waals surface area contributed by atoms with Crippen molar-refractivity contribution in [2.75, 3.05) is 37.0 Å². The van der Waals surface area contributed by atoms with Crippen molar-refractivity contribution in [2.24, 2.45) is 0 Å². The van der Waals surface area contributed by atoms with Crippen molar-refractivity contribution in [1.82, 2.24) is 9.97 Å². The third-order valence-corrected chi connectivity index (χ3v) is 6.82. The number of aliphatic hydroxyl groups excluding tert-OH is 1. The Bertz CT molecular complexity index is 942. The van der Waals surface area contributed by atoms with Crippen LogP contribution in [0.4, 0.5) is 5.82 Å². The molecule has 0 aliphatic carbocycles. The Balaban J connectivity index is 1.70. The van der Waals surface area contributed by atoms with Crippen LogP contribution in [0.1, 0.15) is 6.92 Å². The van der Waals surface area contributed by atoms with Gasteiger partial charge in [-0.3, -0.25) is 0 Å². The number of hydrogen-bond acceptors (Lipinski definition) is 7. The highest BCUT2D eigenvalue weighted by atomic mass is 35.5. The summed E-state index contributed by atoms with van der Waals surface area (Å²) in [5.74, 6) is 1.57. The zero-order valence-corrected chi connectivity index (χ0v) is 17.3. The standard InChI is InChI=1S/C19H20ClN3O2S2/c1-12(24)11-26-14-4-2-3-13(9-14)16-10-15-17(27-16)18(22-19(20)21-15)23-5-7-25-8-6-23/h2-4,9-10,12,24H,5-8,11H2,1H3/t12-/m0/s1. The van der Waals surface area contributed by atoms with E-state index in [4.69, 9.17) is 16.3 Å². The minimum atomic E-state index is -0.323. The first-order valence-electron chi connectivity index (χ1n) is 8.81. The van der Waals surface area contributed by atoms with Gasteiger partial charge < -0.3 is 14.7 Å². The van der Waals surface area contributed by atoms with Crippen LogP contribution in [0.25, 0.3) is 20.7 Å². The SMILES string of the molecule is C[C@H](O)CSc1cccc(-c2cc3nc(Cl)nc(N4CCOCC4)c3s2)c1. The van der Waals surface area contributed by atoms with Crippen molar-refractivity contribution in [3.63, 3.8) is 0 Å². The van der Waals surface area contributed by atoms with Crippen LogP contribution in [0.3, 0.4) is 0 Å². The summed E-state index contributed by atoms with van der Waals surface area (Å²) in [5.41, 5.74) is 2.01. The van der Waals surface area contributed by atoms with E-state index < -0.39 is 0 Å². The third-order valence-electron chi connectivity index (χ3n) is 4.25. The first kappa shape index (κ1) is 19.0. The fourth-order valence-corrected chi connectivity index (χ4v) is 5.08. The highest BCUT2D eigenvalue weighted by Gasteiger charge is 2.19. The first-order valence-corrected chi connectivity index (χ1v) is 11.0. The predicted molar refractivity (Wildman–Crippen MR) is 113 cm³/mol. The molecule has 1 aliphatic rings. The van der Waals surface area contributed by atoms with Crippen LogP contribution < -0.4 is 4.90 Å². The summed E-state index contributed by atoms with van der Waals surface area (Å²) >= 11 is 9.54. The summed E-state index contributed by atoms with van der Waals surface area (Å²) in [4.78, 5) is 13.4. The quantitative estimate of drug-likeness (QED) is 0.489. The van der Waals surface area contributed by atoms with E-state index in [-0.39, 0.29) is 11.4 Å². The molecule has 27 heavy (non-hydrogen) atoms. The number of thiophene rings is 1. The highest BCUT2D eigenvalue weighted by Crippen LogP contribution is 2.39. The van der Waals surface area contributed by atoms with Crippen molar-refractivity contribution in [3.8, 4) is 10.4 Å². The van der Waals surface area contributed by atoms with Gasteiger partial charge in [0.1, 0.15) is 0 Å². The number of halogens is 1. The van der Waals surface area contributed by atoms with Gasteiger partial charge in [-0.2, -0.15) is 4.98 Å². The number of anilines is 1. The van der Waals surface area contributed by atoms with E-state index in [1.807, 2.05) is 6.07 Å². The number of thioether (sulfide) groups is 1. The van der Waals surface area contributed by atoms with Gasteiger partial charge >= 0.3 is 0 Å². The van der Waals surface area contributed by atoms with Gasteiger partial charge in [0.2, 0.25) is 5.28 Å². The Morgan fingerprint density at radius 3 is 2.89 bits per heavy atom. The zero-order chi connectivity index (χ0) is 18.8. The van der Waals surface area contributed by atoms with Gasteiger partial charge in [-0.25, -0.2) is 4.98 Å². The molecule has 4 rings (SSSR count). The first-order chi connectivity index (χ1) is 13.1. The second kappa shape index (κ2) is 8.32. The van der Waals surface area contributed by atoms with Crippen LogP contribution >= 0.6 is 34.7 Å². The van der Waals surface area contributed by atoms with E-state index in [0.717, 1.165) is 44.5 Å². The molecule has 1 aliphatic heterocycles. The Morgan fingerprint density at radius 2 is 2.11 bits per heavy atom. The lowest BCUT2D eigenvalue weighted by atomic mass is 10.2. The fourth-order valence-electron chi connectivity index (χ4n) is 2.97. The number of nitrogens with zero attached hydrogens (tertiary/aromatic N) is 3. The third kappa shape index (κ3) is 4.38. The van der Waals surface area contributed by atoms with Crippen molar-refractivity contribution >= 4 is 50.7 Å². The molecule has 0 radical (unpaired) electrons. The Labute approximate surface area is 171 Å². The highest BCUT2D eigenvalue weighted by molar-refractivity contribution is 7.99. The molecule has 0 saturated carbocycles. The number of morpholine rings is 1. The average Bonchev–Trinajstić information content (AvgIpc) is 3.10. The largest absolute Gasteiger partial charge is 0.393 e. The summed E-state index contributed by atoms with van der Waals surface area (Å²) in [5, 5.41) is 9.79. The van der Waals surface area contributed by atoms with Gasteiger partial charge in [0, 0.05) is 28.6 Å². The Kier molecular flexibility index (Phi) is 5.85. The number of benzene rings is 1. The molecular weight excluding hydrogens is 402 g/mol. The maximum atomic E-state index is 9.52. The lowest BCUT2D eigenvalue weighted by molar-refractivity contribution is 0.122. The normalized spacial score (nSPS) is 16.0. The summed E-state index contributed by atoms with van der Waals surface area (Å²) in [7, 11) is 0. The van der Waals surface area contributed by atoms with Crippen LogP contribution in [0.2, 0.25) is 5.28 Å². The van der Waals surface area contributed by atoms with E-state index in [1.165, 1.54) is 0 Å². The van der Waals surface area contributed by atoms with E-state index in [2.05, 4.69) is 39.1 Å².